The van der Waals surface area contributed by atoms with Gasteiger partial charge in [-0.1, -0.05) is 0 Å². The highest BCUT2D eigenvalue weighted by Gasteiger charge is 2.33. The van der Waals surface area contributed by atoms with Crippen molar-refractivity contribution in [1.29, 1.82) is 0 Å². The minimum absolute atomic E-state index is 0.321. The van der Waals surface area contributed by atoms with E-state index in [0.29, 0.717) is 0 Å². The summed E-state index contributed by atoms with van der Waals surface area (Å²) in [5, 5.41) is 44.6. The maximum absolute atomic E-state index is 10.7. The van der Waals surface area contributed by atoms with E-state index in [2.05, 4.69) is 0 Å². The molecule has 0 heterocycles. The standard InChI is InChI=1S/C7H15NO6/c8-1-3(10)5(12)7(14)6(13)4(11)2-9/h3,5-7,9-10,12-14H,1-2,8H2/t3-,5-,6-,7+/m1/s1. The number of hydrogen-bond acceptors (Lipinski definition) is 7. The summed E-state index contributed by atoms with van der Waals surface area (Å²) < 4.78 is 0. The van der Waals surface area contributed by atoms with Crippen LogP contribution in [-0.4, -0.2) is 68.9 Å². The molecular formula is C7H15NO6. The first kappa shape index (κ1) is 13.4. The minimum Gasteiger partial charge on any atom is -0.389 e. The Labute approximate surface area is 80.4 Å². The van der Waals surface area contributed by atoms with Gasteiger partial charge in [0.1, 0.15) is 24.9 Å². The van der Waals surface area contributed by atoms with Gasteiger partial charge in [0.25, 0.3) is 0 Å². The van der Waals surface area contributed by atoms with E-state index in [-0.39, 0.29) is 6.54 Å². The number of Topliss-reactive ketones (excluding diaryl/α,β-unsaturated/α-hetero) is 1. The molecule has 0 saturated carbocycles. The van der Waals surface area contributed by atoms with Crippen LogP contribution >= 0.6 is 0 Å². The van der Waals surface area contributed by atoms with Gasteiger partial charge in [-0.25, -0.2) is 0 Å². The number of aliphatic hydroxyl groups is 5. The maximum atomic E-state index is 10.7. The maximum Gasteiger partial charge on any atom is 0.189 e. The molecule has 7 heteroatoms. The molecule has 4 atom stereocenters. The van der Waals surface area contributed by atoms with Gasteiger partial charge in [0.15, 0.2) is 5.78 Å². The zero-order chi connectivity index (χ0) is 11.3. The molecule has 0 rings (SSSR count). The quantitative estimate of drug-likeness (QED) is 0.261. The molecule has 84 valence electrons. The highest BCUT2D eigenvalue weighted by atomic mass is 16.4. The Bertz CT molecular complexity index is 187. The molecule has 0 aromatic heterocycles. The number of nitrogens with two attached hydrogens (primary N) is 1. The van der Waals surface area contributed by atoms with Crippen molar-refractivity contribution in [3.63, 3.8) is 0 Å². The molecule has 0 radical (unpaired) electrons. The van der Waals surface area contributed by atoms with Gasteiger partial charge in [0, 0.05) is 6.54 Å². The Kier molecular flexibility index (Phi) is 5.77. The van der Waals surface area contributed by atoms with Crippen LogP contribution < -0.4 is 5.73 Å². The van der Waals surface area contributed by atoms with E-state index in [0.717, 1.165) is 0 Å². The third-order valence-corrected chi connectivity index (χ3v) is 1.79. The topological polar surface area (TPSA) is 144 Å². The van der Waals surface area contributed by atoms with Crippen LogP contribution in [0.2, 0.25) is 0 Å². The molecule has 0 aromatic rings. The summed E-state index contributed by atoms with van der Waals surface area (Å²) in [6.45, 7) is -1.28. The summed E-state index contributed by atoms with van der Waals surface area (Å²) >= 11 is 0. The minimum atomic E-state index is -1.93. The molecule has 14 heavy (non-hydrogen) atoms. The van der Waals surface area contributed by atoms with Crippen LogP contribution in [0, 0.1) is 0 Å². The summed E-state index contributed by atoms with van der Waals surface area (Å²) in [5.41, 5.74) is 4.98. The van der Waals surface area contributed by atoms with E-state index < -0.39 is 36.8 Å². The molecular weight excluding hydrogens is 194 g/mol. The van der Waals surface area contributed by atoms with Crippen molar-refractivity contribution in [3.8, 4) is 0 Å². The molecule has 7 nitrogen and oxygen atoms in total. The number of carbonyl (C=O) groups excluding carboxylic acids is 1. The van der Waals surface area contributed by atoms with E-state index in [9.17, 15) is 4.79 Å². The van der Waals surface area contributed by atoms with Gasteiger partial charge in [-0.05, 0) is 0 Å². The second-order valence-electron chi connectivity index (χ2n) is 2.85. The molecule has 0 unspecified atom stereocenters. The van der Waals surface area contributed by atoms with E-state index in [1.165, 1.54) is 0 Å². The molecule has 7 N–H and O–H groups in total. The number of aliphatic hydroxyl groups excluding tert-OH is 5. The fraction of sp³-hybridized carbons (Fsp3) is 0.857. The second kappa shape index (κ2) is 6.02. The van der Waals surface area contributed by atoms with Crippen LogP contribution in [0.15, 0.2) is 0 Å². The second-order valence-corrected chi connectivity index (χ2v) is 2.85. The highest BCUT2D eigenvalue weighted by molar-refractivity contribution is 5.84. The third kappa shape index (κ3) is 3.29. The first-order valence-corrected chi connectivity index (χ1v) is 4.01. The van der Waals surface area contributed by atoms with Crippen molar-refractivity contribution in [2.24, 2.45) is 5.73 Å². The van der Waals surface area contributed by atoms with Crippen molar-refractivity contribution < 1.29 is 30.3 Å². The zero-order valence-electron chi connectivity index (χ0n) is 7.45. The first-order chi connectivity index (χ1) is 6.45. The average Bonchev–Trinajstić information content (AvgIpc) is 2.23. The molecule has 0 aliphatic rings. The monoisotopic (exact) mass is 209 g/mol. The third-order valence-electron chi connectivity index (χ3n) is 1.79. The molecule has 0 saturated heterocycles. The van der Waals surface area contributed by atoms with Gasteiger partial charge in [-0.3, -0.25) is 4.79 Å². The molecule has 0 amide bonds. The van der Waals surface area contributed by atoms with Crippen LogP contribution in [0.25, 0.3) is 0 Å². The summed E-state index contributed by atoms with van der Waals surface area (Å²) in [7, 11) is 0. The summed E-state index contributed by atoms with van der Waals surface area (Å²) in [4.78, 5) is 10.7. The molecule has 0 aromatic carbocycles. The lowest BCUT2D eigenvalue weighted by Gasteiger charge is -2.24. The van der Waals surface area contributed by atoms with E-state index in [1.54, 1.807) is 0 Å². The van der Waals surface area contributed by atoms with Crippen molar-refractivity contribution in [1.82, 2.24) is 0 Å². The van der Waals surface area contributed by atoms with Crippen molar-refractivity contribution >= 4 is 5.78 Å². The molecule has 0 aliphatic heterocycles. The zero-order valence-corrected chi connectivity index (χ0v) is 7.45. The van der Waals surface area contributed by atoms with Crippen LogP contribution in [-0.2, 0) is 4.79 Å². The van der Waals surface area contributed by atoms with Crippen molar-refractivity contribution in [2.75, 3.05) is 13.2 Å². The van der Waals surface area contributed by atoms with E-state index >= 15 is 0 Å². The fourth-order valence-electron chi connectivity index (χ4n) is 0.838. The summed E-state index contributed by atoms with van der Waals surface area (Å²) in [6, 6.07) is 0. The van der Waals surface area contributed by atoms with Crippen LogP contribution in [0.4, 0.5) is 0 Å². The molecule has 0 spiro atoms. The molecule has 0 aliphatic carbocycles. The lowest BCUT2D eigenvalue weighted by Crippen LogP contribution is -2.50. The Morgan fingerprint density at radius 3 is 2.00 bits per heavy atom. The first-order valence-electron chi connectivity index (χ1n) is 4.01. The van der Waals surface area contributed by atoms with Gasteiger partial charge < -0.3 is 31.3 Å². The van der Waals surface area contributed by atoms with Crippen LogP contribution in [0.1, 0.15) is 0 Å². The lowest BCUT2D eigenvalue weighted by atomic mass is 10.0. The smallest absolute Gasteiger partial charge is 0.189 e. The Morgan fingerprint density at radius 2 is 1.64 bits per heavy atom. The Morgan fingerprint density at radius 1 is 1.14 bits per heavy atom. The van der Waals surface area contributed by atoms with Gasteiger partial charge >= 0.3 is 0 Å². The predicted molar refractivity (Wildman–Crippen MR) is 45.2 cm³/mol. The number of hydrogen-bond donors (Lipinski definition) is 6. The van der Waals surface area contributed by atoms with Gasteiger partial charge in [-0.15, -0.1) is 0 Å². The molecule has 0 bridgehead atoms. The number of ketones is 1. The van der Waals surface area contributed by atoms with Crippen LogP contribution in [0.3, 0.4) is 0 Å². The fourth-order valence-corrected chi connectivity index (χ4v) is 0.838. The number of carbonyl (C=O) groups is 1. The molecule has 0 fully saturated rings. The summed E-state index contributed by atoms with van der Waals surface area (Å²) in [6.07, 6.45) is -6.97. The van der Waals surface area contributed by atoms with E-state index in [4.69, 9.17) is 31.3 Å². The largest absolute Gasteiger partial charge is 0.389 e. The lowest BCUT2D eigenvalue weighted by molar-refractivity contribution is -0.146. The summed E-state index contributed by atoms with van der Waals surface area (Å²) in [5.74, 6) is -1.04. The van der Waals surface area contributed by atoms with Gasteiger partial charge in [-0.2, -0.15) is 0 Å². The average molecular weight is 209 g/mol. The Balaban J connectivity index is 4.30. The number of rotatable bonds is 6. The van der Waals surface area contributed by atoms with Crippen molar-refractivity contribution in [3.05, 3.63) is 0 Å². The normalized spacial score (nSPS) is 19.9. The van der Waals surface area contributed by atoms with Crippen molar-refractivity contribution in [2.45, 2.75) is 24.4 Å². The highest BCUT2D eigenvalue weighted by Crippen LogP contribution is 2.05. The predicted octanol–water partition coefficient (Wildman–Crippen LogP) is -4.05. The Hall–Kier alpha value is -0.570. The van der Waals surface area contributed by atoms with E-state index in [1.807, 2.05) is 0 Å². The van der Waals surface area contributed by atoms with Gasteiger partial charge in [0.2, 0.25) is 0 Å². The van der Waals surface area contributed by atoms with Crippen LogP contribution in [0.5, 0.6) is 0 Å². The SMILES string of the molecule is NC[C@@H](O)[C@@H](O)[C@H](O)[C@H](O)C(=O)CO. The van der Waals surface area contributed by atoms with Gasteiger partial charge in [0.05, 0.1) is 6.10 Å².